The van der Waals surface area contributed by atoms with E-state index in [0.29, 0.717) is 21.3 Å². The number of benzene rings is 3. The lowest BCUT2D eigenvalue weighted by Crippen LogP contribution is -2.33. The number of fused-ring (bicyclic) bond motifs is 2. The van der Waals surface area contributed by atoms with Gasteiger partial charge in [0.2, 0.25) is 17.7 Å². The number of amides is 3. The molecule has 3 amide bonds. The molecule has 1 fully saturated rings. The minimum absolute atomic E-state index is 0.195. The highest BCUT2D eigenvalue weighted by Crippen LogP contribution is 2.54. The maximum absolute atomic E-state index is 14.0. The Morgan fingerprint density at radius 3 is 2.10 bits per heavy atom. The Labute approximate surface area is 252 Å². The molecular formula is C32H30N4O4S2. The Balaban J connectivity index is 1.41. The van der Waals surface area contributed by atoms with Crippen LogP contribution in [0.5, 0.6) is 0 Å². The van der Waals surface area contributed by atoms with Crippen LogP contribution in [0.15, 0.2) is 82.6 Å². The van der Waals surface area contributed by atoms with Gasteiger partial charge in [0.25, 0.3) is 0 Å². The second kappa shape index (κ2) is 10.9. The second-order valence-electron chi connectivity index (χ2n) is 10.9. The smallest absolute Gasteiger partial charge is 0.308 e. The number of rotatable bonds is 6. The number of carbonyl (C=O) groups is 3. The van der Waals surface area contributed by atoms with Gasteiger partial charge in [-0.25, -0.2) is 4.90 Å². The molecule has 0 spiro atoms. The fraction of sp³-hybridized carbons (Fsp3) is 0.250. The first kappa shape index (κ1) is 28.0. The van der Waals surface area contributed by atoms with Crippen molar-refractivity contribution in [2.75, 3.05) is 29.2 Å². The number of nitrogens with one attached hydrogen (secondary N) is 1. The molecule has 0 aliphatic carbocycles. The summed E-state index contributed by atoms with van der Waals surface area (Å²) in [6, 6.07) is 22.6. The molecule has 1 aromatic heterocycles. The first-order chi connectivity index (χ1) is 20.1. The molecule has 0 radical (unpaired) electrons. The summed E-state index contributed by atoms with van der Waals surface area (Å²) in [6.07, 6.45) is 0. The zero-order chi connectivity index (χ0) is 29.7. The van der Waals surface area contributed by atoms with E-state index in [1.54, 1.807) is 12.1 Å². The Hall–Kier alpha value is -4.15. The lowest BCUT2D eigenvalue weighted by atomic mass is 9.83. The van der Waals surface area contributed by atoms with E-state index in [1.165, 1.54) is 21.2 Å². The van der Waals surface area contributed by atoms with Crippen LogP contribution < -0.4 is 20.0 Å². The van der Waals surface area contributed by atoms with E-state index >= 15 is 0 Å². The number of aromatic nitrogens is 1. The molecular weight excluding hydrogens is 569 g/mol. The molecule has 4 aromatic rings. The topological polar surface area (TPSA) is 91.7 Å². The highest BCUT2D eigenvalue weighted by Gasteiger charge is 2.56. The van der Waals surface area contributed by atoms with E-state index in [2.05, 4.69) is 5.32 Å². The van der Waals surface area contributed by atoms with Crippen LogP contribution in [-0.2, 0) is 20.9 Å². The van der Waals surface area contributed by atoms with Crippen LogP contribution in [0.1, 0.15) is 27.5 Å². The monoisotopic (exact) mass is 598 g/mol. The van der Waals surface area contributed by atoms with Crippen LogP contribution in [-0.4, -0.2) is 41.6 Å². The molecule has 214 valence electrons. The molecule has 1 N–H and O–H groups in total. The molecule has 0 unspecified atom stereocenters. The van der Waals surface area contributed by atoms with E-state index in [1.807, 2.05) is 93.5 Å². The third-order valence-electron chi connectivity index (χ3n) is 7.75. The van der Waals surface area contributed by atoms with Gasteiger partial charge in [0.1, 0.15) is 11.8 Å². The third kappa shape index (κ3) is 4.94. The summed E-state index contributed by atoms with van der Waals surface area (Å²) in [5.74, 6) is -2.12. The van der Waals surface area contributed by atoms with Crippen molar-refractivity contribution in [2.45, 2.75) is 36.6 Å². The van der Waals surface area contributed by atoms with Crippen molar-refractivity contribution in [1.29, 1.82) is 0 Å². The molecule has 10 heteroatoms. The summed E-state index contributed by atoms with van der Waals surface area (Å²) >= 11 is 2.26. The summed E-state index contributed by atoms with van der Waals surface area (Å²) in [7, 11) is 3.90. The van der Waals surface area contributed by atoms with Gasteiger partial charge in [-0.15, -0.1) is 0 Å². The van der Waals surface area contributed by atoms with Gasteiger partial charge in [-0.2, -0.15) is 0 Å². The molecule has 2 aliphatic rings. The fourth-order valence-electron chi connectivity index (χ4n) is 5.52. The van der Waals surface area contributed by atoms with Gasteiger partial charge in [-0.3, -0.25) is 23.7 Å². The number of anilines is 3. The normalized spacial score (nSPS) is 19.4. The molecule has 1 saturated heterocycles. The zero-order valence-corrected chi connectivity index (χ0v) is 25.3. The van der Waals surface area contributed by atoms with Crippen molar-refractivity contribution in [3.63, 3.8) is 0 Å². The van der Waals surface area contributed by atoms with Crippen molar-refractivity contribution >= 4 is 57.9 Å². The van der Waals surface area contributed by atoms with Gasteiger partial charge in [-0.05, 0) is 55.8 Å². The molecule has 2 aliphatic heterocycles. The summed E-state index contributed by atoms with van der Waals surface area (Å²) in [5, 5.41) is 2.70. The summed E-state index contributed by atoms with van der Waals surface area (Å²) in [5.41, 5.74) is 5.11. The van der Waals surface area contributed by atoms with Gasteiger partial charge < -0.3 is 10.2 Å². The first-order valence-electron chi connectivity index (χ1n) is 13.6. The molecule has 3 atom stereocenters. The average Bonchev–Trinajstić information content (AvgIpc) is 3.41. The van der Waals surface area contributed by atoms with Crippen LogP contribution in [0.2, 0.25) is 0 Å². The fourth-order valence-corrected chi connectivity index (χ4v) is 8.30. The molecule has 6 rings (SSSR count). The standard InChI is InChI=1S/C32H30N4O4S2/c1-18-5-11-21(12-6-18)33-24(37)17-35-31-28(42-32(35)40)25(20-9-15-22(16-10-20)34(3)4)26-27(41-31)30(39)36(29(26)38)23-13-7-19(2)8-14-23/h5-16,25-27H,17H2,1-4H3,(H,33,37)/t25-,26-,27+/m0/s1. The van der Waals surface area contributed by atoms with Crippen molar-refractivity contribution in [1.82, 2.24) is 4.57 Å². The third-order valence-corrected chi connectivity index (χ3v) is 10.4. The quantitative estimate of drug-likeness (QED) is 0.313. The van der Waals surface area contributed by atoms with Gasteiger partial charge in [0, 0.05) is 36.3 Å². The Morgan fingerprint density at radius 1 is 0.857 bits per heavy atom. The van der Waals surface area contributed by atoms with Crippen molar-refractivity contribution in [2.24, 2.45) is 5.92 Å². The Bertz CT molecular complexity index is 1740. The minimum atomic E-state index is -0.731. The van der Waals surface area contributed by atoms with Gasteiger partial charge in [0.05, 0.1) is 16.6 Å². The molecule has 0 bridgehead atoms. The van der Waals surface area contributed by atoms with E-state index in [-0.39, 0.29) is 29.1 Å². The lowest BCUT2D eigenvalue weighted by Gasteiger charge is -2.31. The first-order valence-corrected chi connectivity index (χ1v) is 15.3. The Kier molecular flexibility index (Phi) is 7.28. The number of nitrogens with zero attached hydrogens (tertiary/aromatic N) is 3. The number of thioether (sulfide) groups is 1. The SMILES string of the molecule is Cc1ccc(NC(=O)Cn2c3c(sc2=O)[C@@H](c2ccc(N(C)C)cc2)[C@@H]2C(=O)N(c4ccc(C)cc4)C(=O)[C@@H]2S3)cc1. The average molecular weight is 599 g/mol. The predicted octanol–water partition coefficient (Wildman–Crippen LogP) is 5.03. The van der Waals surface area contributed by atoms with Crippen molar-refractivity contribution in [3.8, 4) is 0 Å². The molecule has 8 nitrogen and oxygen atoms in total. The maximum atomic E-state index is 14.0. The van der Waals surface area contributed by atoms with Crippen LogP contribution in [0.4, 0.5) is 17.1 Å². The van der Waals surface area contributed by atoms with Gasteiger partial charge in [-0.1, -0.05) is 70.6 Å². The molecule has 0 saturated carbocycles. The maximum Gasteiger partial charge on any atom is 0.308 e. The number of hydrogen-bond acceptors (Lipinski definition) is 7. The highest BCUT2D eigenvalue weighted by atomic mass is 32.2. The largest absolute Gasteiger partial charge is 0.378 e. The zero-order valence-electron chi connectivity index (χ0n) is 23.7. The van der Waals surface area contributed by atoms with Gasteiger partial charge in [0.15, 0.2) is 0 Å². The van der Waals surface area contributed by atoms with Crippen LogP contribution in [0.3, 0.4) is 0 Å². The van der Waals surface area contributed by atoms with Crippen LogP contribution in [0.25, 0.3) is 0 Å². The second-order valence-corrected chi connectivity index (χ2v) is 13.0. The number of hydrogen-bond donors (Lipinski definition) is 1. The Morgan fingerprint density at radius 2 is 1.48 bits per heavy atom. The molecule has 42 heavy (non-hydrogen) atoms. The van der Waals surface area contributed by atoms with Crippen LogP contribution in [0, 0.1) is 19.8 Å². The molecule has 3 heterocycles. The van der Waals surface area contributed by atoms with E-state index in [9.17, 15) is 19.2 Å². The van der Waals surface area contributed by atoms with Gasteiger partial charge >= 0.3 is 4.87 Å². The van der Waals surface area contributed by atoms with Crippen molar-refractivity contribution in [3.05, 3.63) is 104 Å². The predicted molar refractivity (Wildman–Crippen MR) is 168 cm³/mol. The highest BCUT2D eigenvalue weighted by molar-refractivity contribution is 8.00. The summed E-state index contributed by atoms with van der Waals surface area (Å²) < 4.78 is 1.44. The number of thiazole rings is 1. The summed E-state index contributed by atoms with van der Waals surface area (Å²) in [4.78, 5) is 58.0. The number of imide groups is 1. The van der Waals surface area contributed by atoms with E-state index in [0.717, 1.165) is 33.7 Å². The molecule has 3 aromatic carbocycles. The van der Waals surface area contributed by atoms with E-state index in [4.69, 9.17) is 0 Å². The summed E-state index contributed by atoms with van der Waals surface area (Å²) in [6.45, 7) is 3.72. The van der Waals surface area contributed by atoms with E-state index < -0.39 is 17.1 Å². The number of carbonyl (C=O) groups excluding carboxylic acids is 3. The van der Waals surface area contributed by atoms with Crippen molar-refractivity contribution < 1.29 is 14.4 Å². The number of aryl methyl sites for hydroxylation is 2. The minimum Gasteiger partial charge on any atom is -0.378 e. The van der Waals surface area contributed by atoms with Crippen LogP contribution >= 0.6 is 23.1 Å². The lowest BCUT2D eigenvalue weighted by molar-refractivity contribution is -0.122.